The Morgan fingerprint density at radius 1 is 1.18 bits per heavy atom. The average Bonchev–Trinajstić information content (AvgIpc) is 2.58. The summed E-state index contributed by atoms with van der Waals surface area (Å²) in [5.74, 6) is 0.188. The van der Waals surface area contributed by atoms with E-state index in [0.29, 0.717) is 0 Å². The first-order chi connectivity index (χ1) is 10.8. The molecule has 1 saturated heterocycles. The van der Waals surface area contributed by atoms with Gasteiger partial charge < -0.3 is 10.2 Å². The van der Waals surface area contributed by atoms with Crippen LogP contribution in [0.2, 0.25) is 0 Å². The maximum absolute atomic E-state index is 12.5. The van der Waals surface area contributed by atoms with Crippen molar-refractivity contribution in [1.29, 1.82) is 0 Å². The van der Waals surface area contributed by atoms with Crippen LogP contribution in [0.3, 0.4) is 0 Å². The predicted molar refractivity (Wildman–Crippen MR) is 92.0 cm³/mol. The van der Waals surface area contributed by atoms with Gasteiger partial charge in [0.15, 0.2) is 0 Å². The Hall–Kier alpha value is -1.35. The summed E-state index contributed by atoms with van der Waals surface area (Å²) in [4.78, 5) is 15.0. The fourth-order valence-corrected chi connectivity index (χ4v) is 3.24. The third kappa shape index (κ3) is 5.45. The van der Waals surface area contributed by atoms with Gasteiger partial charge in [0.2, 0.25) is 5.91 Å². The van der Waals surface area contributed by atoms with Gasteiger partial charge >= 0.3 is 0 Å². The highest BCUT2D eigenvalue weighted by molar-refractivity contribution is 5.83. The molecule has 0 spiro atoms. The molecule has 0 radical (unpaired) electrons. The van der Waals surface area contributed by atoms with Crippen LogP contribution < -0.4 is 5.32 Å². The molecule has 2 rings (SSSR count). The molecule has 0 saturated carbocycles. The van der Waals surface area contributed by atoms with Crippen LogP contribution in [0.15, 0.2) is 30.3 Å². The number of carbonyl (C=O) groups excluding carboxylic acids is 1. The Kier molecular flexibility index (Phi) is 7.44. The van der Waals surface area contributed by atoms with Gasteiger partial charge in [-0.15, -0.1) is 0 Å². The standard InChI is InChI=1S/C19H30N2O/c1-2-10-18(17-11-5-3-6-12-17)19(22)20-13-9-16-21-14-7-4-8-15-21/h3,5-6,11-12,18H,2,4,7-10,13-16H2,1H3,(H,20,22). The van der Waals surface area contributed by atoms with Crippen LogP contribution in [0, 0.1) is 0 Å². The Morgan fingerprint density at radius 2 is 1.91 bits per heavy atom. The van der Waals surface area contributed by atoms with E-state index < -0.39 is 0 Å². The number of benzene rings is 1. The van der Waals surface area contributed by atoms with Crippen molar-refractivity contribution in [1.82, 2.24) is 10.2 Å². The molecular formula is C19H30N2O. The van der Waals surface area contributed by atoms with E-state index in [1.807, 2.05) is 18.2 Å². The summed E-state index contributed by atoms with van der Waals surface area (Å²) in [5.41, 5.74) is 1.14. The van der Waals surface area contributed by atoms with Crippen molar-refractivity contribution in [3.05, 3.63) is 35.9 Å². The quantitative estimate of drug-likeness (QED) is 0.745. The summed E-state index contributed by atoms with van der Waals surface area (Å²) in [7, 11) is 0. The third-order valence-corrected chi connectivity index (χ3v) is 4.49. The SMILES string of the molecule is CCCC(C(=O)NCCCN1CCCCC1)c1ccccc1. The van der Waals surface area contributed by atoms with Crippen molar-refractivity contribution in [2.45, 2.75) is 51.4 Å². The lowest BCUT2D eigenvalue weighted by molar-refractivity contribution is -0.122. The molecular weight excluding hydrogens is 272 g/mol. The summed E-state index contributed by atoms with van der Waals surface area (Å²) in [6, 6.07) is 10.2. The minimum atomic E-state index is 0.00110. The zero-order chi connectivity index (χ0) is 15.6. The number of amides is 1. The van der Waals surface area contributed by atoms with E-state index in [1.54, 1.807) is 0 Å². The van der Waals surface area contributed by atoms with Crippen molar-refractivity contribution in [3.8, 4) is 0 Å². The van der Waals surface area contributed by atoms with Gasteiger partial charge in [0.1, 0.15) is 0 Å². The van der Waals surface area contributed by atoms with Crippen LogP contribution in [-0.2, 0) is 4.79 Å². The number of nitrogens with zero attached hydrogens (tertiary/aromatic N) is 1. The largest absolute Gasteiger partial charge is 0.356 e. The topological polar surface area (TPSA) is 32.3 Å². The van der Waals surface area contributed by atoms with Gasteiger partial charge in [-0.2, -0.15) is 0 Å². The van der Waals surface area contributed by atoms with Gasteiger partial charge in [0.25, 0.3) is 0 Å². The molecule has 1 aliphatic heterocycles. The van der Waals surface area contributed by atoms with Crippen LogP contribution in [0.25, 0.3) is 0 Å². The number of rotatable bonds is 8. The van der Waals surface area contributed by atoms with Crippen LogP contribution in [0.4, 0.5) is 0 Å². The van der Waals surface area contributed by atoms with E-state index in [-0.39, 0.29) is 11.8 Å². The third-order valence-electron chi connectivity index (χ3n) is 4.49. The number of likely N-dealkylation sites (tertiary alicyclic amines) is 1. The predicted octanol–water partition coefficient (Wildman–Crippen LogP) is 3.56. The lowest BCUT2D eigenvalue weighted by Gasteiger charge is -2.26. The molecule has 0 aromatic heterocycles. The lowest BCUT2D eigenvalue weighted by Crippen LogP contribution is -2.34. The molecule has 0 bridgehead atoms. The smallest absolute Gasteiger partial charge is 0.227 e. The lowest BCUT2D eigenvalue weighted by atomic mass is 9.93. The van der Waals surface area contributed by atoms with Crippen LogP contribution in [-0.4, -0.2) is 37.0 Å². The van der Waals surface area contributed by atoms with Crippen molar-refractivity contribution < 1.29 is 4.79 Å². The van der Waals surface area contributed by atoms with Crippen molar-refractivity contribution in [2.24, 2.45) is 0 Å². The number of carbonyl (C=O) groups is 1. The first-order valence-corrected chi connectivity index (χ1v) is 8.86. The number of piperidine rings is 1. The molecule has 22 heavy (non-hydrogen) atoms. The Balaban J connectivity index is 1.74. The van der Waals surface area contributed by atoms with Gasteiger partial charge in [-0.3, -0.25) is 4.79 Å². The fourth-order valence-electron chi connectivity index (χ4n) is 3.24. The Bertz CT molecular complexity index is 426. The molecule has 1 aromatic carbocycles. The van der Waals surface area contributed by atoms with E-state index >= 15 is 0 Å². The van der Waals surface area contributed by atoms with Crippen molar-refractivity contribution >= 4 is 5.91 Å². The highest BCUT2D eigenvalue weighted by Gasteiger charge is 2.19. The second kappa shape index (κ2) is 9.62. The second-order valence-corrected chi connectivity index (χ2v) is 6.30. The number of hydrogen-bond donors (Lipinski definition) is 1. The van der Waals surface area contributed by atoms with Crippen LogP contribution in [0.1, 0.15) is 56.9 Å². The van der Waals surface area contributed by atoms with Gasteiger partial charge in [-0.1, -0.05) is 50.1 Å². The highest BCUT2D eigenvalue weighted by Crippen LogP contribution is 2.21. The average molecular weight is 302 g/mol. The molecule has 1 amide bonds. The molecule has 1 heterocycles. The Morgan fingerprint density at radius 3 is 2.59 bits per heavy atom. The number of nitrogens with one attached hydrogen (secondary N) is 1. The van der Waals surface area contributed by atoms with Gasteiger partial charge in [-0.25, -0.2) is 0 Å². The summed E-state index contributed by atoms with van der Waals surface area (Å²) in [6.07, 6.45) is 7.04. The molecule has 1 aliphatic rings. The highest BCUT2D eigenvalue weighted by atomic mass is 16.1. The molecule has 3 nitrogen and oxygen atoms in total. The van der Waals surface area contributed by atoms with Crippen LogP contribution in [0.5, 0.6) is 0 Å². The summed E-state index contributed by atoms with van der Waals surface area (Å²) in [6.45, 7) is 6.51. The van der Waals surface area contributed by atoms with E-state index in [1.165, 1.54) is 32.4 Å². The fraction of sp³-hybridized carbons (Fsp3) is 0.632. The Labute approximate surface area is 135 Å². The van der Waals surface area contributed by atoms with Crippen molar-refractivity contribution in [3.63, 3.8) is 0 Å². The minimum Gasteiger partial charge on any atom is -0.356 e. The molecule has 1 unspecified atom stereocenters. The van der Waals surface area contributed by atoms with Gasteiger partial charge in [0.05, 0.1) is 5.92 Å². The molecule has 1 fully saturated rings. The van der Waals surface area contributed by atoms with E-state index in [9.17, 15) is 4.79 Å². The molecule has 122 valence electrons. The molecule has 1 aromatic rings. The number of hydrogen-bond acceptors (Lipinski definition) is 2. The zero-order valence-electron chi connectivity index (χ0n) is 13.9. The maximum atomic E-state index is 12.5. The molecule has 3 heteroatoms. The monoisotopic (exact) mass is 302 g/mol. The summed E-state index contributed by atoms with van der Waals surface area (Å²) in [5, 5.41) is 3.14. The summed E-state index contributed by atoms with van der Waals surface area (Å²) >= 11 is 0. The van der Waals surface area contributed by atoms with E-state index in [0.717, 1.165) is 37.9 Å². The van der Waals surface area contributed by atoms with Crippen molar-refractivity contribution in [2.75, 3.05) is 26.2 Å². The van der Waals surface area contributed by atoms with E-state index in [2.05, 4.69) is 29.3 Å². The van der Waals surface area contributed by atoms with Gasteiger partial charge in [-0.05, 0) is 50.9 Å². The summed E-state index contributed by atoms with van der Waals surface area (Å²) < 4.78 is 0. The maximum Gasteiger partial charge on any atom is 0.227 e. The second-order valence-electron chi connectivity index (χ2n) is 6.30. The molecule has 1 N–H and O–H groups in total. The zero-order valence-corrected chi connectivity index (χ0v) is 13.9. The molecule has 0 aliphatic carbocycles. The minimum absolute atomic E-state index is 0.00110. The van der Waals surface area contributed by atoms with E-state index in [4.69, 9.17) is 0 Å². The molecule has 1 atom stereocenters. The first kappa shape index (κ1) is 17.0. The van der Waals surface area contributed by atoms with Gasteiger partial charge in [0, 0.05) is 6.54 Å². The normalized spacial score (nSPS) is 17.1. The van der Waals surface area contributed by atoms with Crippen LogP contribution >= 0.6 is 0 Å². The first-order valence-electron chi connectivity index (χ1n) is 8.86.